The average Bonchev–Trinajstić information content (AvgIpc) is 2.90. The van der Waals surface area contributed by atoms with Crippen molar-refractivity contribution in [2.75, 3.05) is 25.7 Å². The van der Waals surface area contributed by atoms with Crippen molar-refractivity contribution in [1.29, 1.82) is 0 Å². The number of nitrogens with zero attached hydrogens (tertiary/aromatic N) is 1. The zero-order valence-electron chi connectivity index (χ0n) is 22.7. The van der Waals surface area contributed by atoms with Crippen LogP contribution in [0, 0.1) is 0 Å². The minimum absolute atomic E-state index is 0.0230. The Kier molecular flexibility index (Phi) is 7.40. The first-order chi connectivity index (χ1) is 18.0. The van der Waals surface area contributed by atoms with E-state index >= 15 is 0 Å². The molecule has 3 aromatic carbocycles. The quantitative estimate of drug-likeness (QED) is 0.433. The van der Waals surface area contributed by atoms with Crippen LogP contribution in [0.1, 0.15) is 59.8 Å². The van der Waals surface area contributed by atoms with Gasteiger partial charge >= 0.3 is 5.97 Å². The Morgan fingerprint density at radius 1 is 0.947 bits per heavy atom. The summed E-state index contributed by atoms with van der Waals surface area (Å²) < 4.78 is 11.0. The molecule has 0 fully saturated rings. The molecule has 3 N–H and O–H groups in total. The van der Waals surface area contributed by atoms with Gasteiger partial charge in [-0.2, -0.15) is 0 Å². The third kappa shape index (κ3) is 4.80. The Morgan fingerprint density at radius 3 is 2.18 bits per heavy atom. The summed E-state index contributed by atoms with van der Waals surface area (Å²) in [6.45, 7) is 6.92. The van der Waals surface area contributed by atoms with Gasteiger partial charge in [-0.15, -0.1) is 0 Å². The van der Waals surface area contributed by atoms with Crippen LogP contribution in [-0.2, 0) is 28.6 Å². The van der Waals surface area contributed by atoms with Crippen LogP contribution in [0.2, 0.25) is 0 Å². The molecule has 200 valence electrons. The van der Waals surface area contributed by atoms with Crippen molar-refractivity contribution < 1.29 is 24.2 Å². The topological polar surface area (TPSA) is 102 Å². The van der Waals surface area contributed by atoms with Gasteiger partial charge in [-0.3, -0.25) is 4.79 Å². The predicted octanol–water partition coefficient (Wildman–Crippen LogP) is 5.08. The molecular formula is C31H36N2O5. The van der Waals surface area contributed by atoms with Gasteiger partial charge in [0.2, 0.25) is 5.91 Å². The Hall–Kier alpha value is -4.00. The number of ether oxygens (including phenoxy) is 2. The summed E-state index contributed by atoms with van der Waals surface area (Å²) >= 11 is 0. The minimum atomic E-state index is -1.39. The fourth-order valence-corrected chi connectivity index (χ4v) is 5.43. The molecule has 0 spiro atoms. The van der Waals surface area contributed by atoms with E-state index in [9.17, 15) is 14.7 Å². The largest absolute Gasteiger partial charge is 0.493 e. The lowest BCUT2D eigenvalue weighted by Gasteiger charge is -2.47. The Labute approximate surface area is 224 Å². The van der Waals surface area contributed by atoms with Gasteiger partial charge in [0.1, 0.15) is 5.54 Å². The van der Waals surface area contributed by atoms with Crippen molar-refractivity contribution in [3.05, 3.63) is 88.5 Å². The standard InChI is InChI=1S/C31H36N2O5/c1-30(2,3)22-13-11-20(12-14-22)19-31(29(32)36,23-15-16-25(37-4)26(18-23)38-5)33-17-7-9-21-8-6-10-24(27(21)33)28(34)35/h6,8,10-16,18H,7,9,17,19H2,1-5H3,(H2,32,36)(H,34,35). The Bertz CT molecular complexity index is 1340. The SMILES string of the molecule is COc1ccc(C(Cc2ccc(C(C)(C)C)cc2)(C(N)=O)N2CCCc3cccc(C(=O)O)c32)cc1OC. The van der Waals surface area contributed by atoms with Crippen molar-refractivity contribution in [2.45, 2.75) is 51.0 Å². The highest BCUT2D eigenvalue weighted by molar-refractivity contribution is 5.99. The fourth-order valence-electron chi connectivity index (χ4n) is 5.43. The first-order valence-electron chi connectivity index (χ1n) is 12.8. The molecule has 0 radical (unpaired) electrons. The van der Waals surface area contributed by atoms with Crippen molar-refractivity contribution in [2.24, 2.45) is 5.73 Å². The number of carboxylic acids is 1. The lowest BCUT2D eigenvalue weighted by molar-refractivity contribution is -0.123. The molecule has 38 heavy (non-hydrogen) atoms. The van der Waals surface area contributed by atoms with Gasteiger partial charge in [0, 0.05) is 13.0 Å². The van der Waals surface area contributed by atoms with Crippen molar-refractivity contribution >= 4 is 17.6 Å². The number of fused-ring (bicyclic) bond motifs is 1. The van der Waals surface area contributed by atoms with Crippen LogP contribution in [0.4, 0.5) is 5.69 Å². The second kappa shape index (κ2) is 10.4. The zero-order chi connectivity index (χ0) is 27.7. The highest BCUT2D eigenvalue weighted by Gasteiger charge is 2.47. The Balaban J connectivity index is 1.99. The van der Waals surface area contributed by atoms with E-state index < -0.39 is 17.4 Å². The van der Waals surface area contributed by atoms with E-state index in [0.717, 1.165) is 17.5 Å². The number of aromatic carboxylic acids is 1. The van der Waals surface area contributed by atoms with Gasteiger partial charge in [0.05, 0.1) is 25.5 Å². The maximum atomic E-state index is 13.8. The molecule has 1 amide bonds. The molecular weight excluding hydrogens is 480 g/mol. The molecule has 0 bridgehead atoms. The molecule has 1 aliphatic rings. The van der Waals surface area contributed by atoms with E-state index in [-0.39, 0.29) is 17.4 Å². The number of para-hydroxylation sites is 1. The number of rotatable bonds is 8. The summed E-state index contributed by atoms with van der Waals surface area (Å²) in [6, 6.07) is 18.8. The summed E-state index contributed by atoms with van der Waals surface area (Å²) in [5.41, 5.74) is 9.17. The van der Waals surface area contributed by atoms with Gasteiger partial charge in [0.15, 0.2) is 11.5 Å². The average molecular weight is 517 g/mol. The van der Waals surface area contributed by atoms with E-state index in [0.29, 0.717) is 35.7 Å². The molecule has 1 heterocycles. The van der Waals surface area contributed by atoms with Crippen molar-refractivity contribution in [3.8, 4) is 11.5 Å². The number of carbonyl (C=O) groups is 2. The second-order valence-electron chi connectivity index (χ2n) is 10.8. The van der Waals surface area contributed by atoms with E-state index in [4.69, 9.17) is 15.2 Å². The number of aryl methyl sites for hydroxylation is 1. The van der Waals surface area contributed by atoms with Crippen LogP contribution in [0.15, 0.2) is 60.7 Å². The molecule has 4 rings (SSSR count). The van der Waals surface area contributed by atoms with Gasteiger partial charge in [-0.1, -0.05) is 63.2 Å². The Morgan fingerprint density at radius 2 is 1.61 bits per heavy atom. The maximum absolute atomic E-state index is 13.8. The fraction of sp³-hybridized carbons (Fsp3) is 0.355. The van der Waals surface area contributed by atoms with Gasteiger partial charge in [-0.25, -0.2) is 4.79 Å². The highest BCUT2D eigenvalue weighted by atomic mass is 16.5. The molecule has 1 aliphatic heterocycles. The van der Waals surface area contributed by atoms with E-state index in [1.54, 1.807) is 31.4 Å². The lowest BCUT2D eigenvalue weighted by Crippen LogP contribution is -2.58. The summed E-state index contributed by atoms with van der Waals surface area (Å²) in [5.74, 6) is -0.636. The van der Waals surface area contributed by atoms with Gasteiger partial charge < -0.3 is 25.2 Å². The molecule has 0 saturated heterocycles. The van der Waals surface area contributed by atoms with Crippen LogP contribution in [-0.4, -0.2) is 37.7 Å². The van der Waals surface area contributed by atoms with E-state index in [1.165, 1.54) is 12.7 Å². The molecule has 0 aliphatic carbocycles. The highest BCUT2D eigenvalue weighted by Crippen LogP contribution is 2.44. The zero-order valence-corrected chi connectivity index (χ0v) is 22.7. The lowest BCUT2D eigenvalue weighted by atomic mass is 9.78. The normalized spacial score (nSPS) is 14.8. The monoisotopic (exact) mass is 516 g/mol. The molecule has 1 atom stereocenters. The number of hydrogen-bond donors (Lipinski definition) is 2. The number of nitrogens with two attached hydrogens (primary N) is 1. The van der Waals surface area contributed by atoms with Crippen LogP contribution in [0.5, 0.6) is 11.5 Å². The summed E-state index contributed by atoms with van der Waals surface area (Å²) in [5, 5.41) is 10.1. The second-order valence-corrected chi connectivity index (χ2v) is 10.8. The summed E-state index contributed by atoms with van der Waals surface area (Å²) in [7, 11) is 3.09. The molecule has 3 aromatic rings. The first kappa shape index (κ1) is 27.0. The van der Waals surface area contributed by atoms with Crippen LogP contribution in [0.25, 0.3) is 0 Å². The molecule has 7 nitrogen and oxygen atoms in total. The third-order valence-corrected chi connectivity index (χ3v) is 7.46. The summed E-state index contributed by atoms with van der Waals surface area (Å²) in [4.78, 5) is 28.0. The number of amides is 1. The van der Waals surface area contributed by atoms with E-state index in [1.807, 2.05) is 29.2 Å². The number of methoxy groups -OCH3 is 2. The molecule has 0 aromatic heterocycles. The smallest absolute Gasteiger partial charge is 0.337 e. The maximum Gasteiger partial charge on any atom is 0.337 e. The predicted molar refractivity (Wildman–Crippen MR) is 148 cm³/mol. The van der Waals surface area contributed by atoms with Gasteiger partial charge in [0.25, 0.3) is 0 Å². The van der Waals surface area contributed by atoms with Crippen molar-refractivity contribution in [1.82, 2.24) is 0 Å². The number of benzene rings is 3. The number of hydrogen-bond acceptors (Lipinski definition) is 5. The van der Waals surface area contributed by atoms with Crippen LogP contribution >= 0.6 is 0 Å². The van der Waals surface area contributed by atoms with Crippen LogP contribution < -0.4 is 20.1 Å². The number of carboxylic acid groups (broad SMARTS) is 1. The third-order valence-electron chi connectivity index (χ3n) is 7.46. The van der Waals surface area contributed by atoms with Crippen LogP contribution in [0.3, 0.4) is 0 Å². The summed E-state index contributed by atoms with van der Waals surface area (Å²) in [6.07, 6.45) is 1.71. The number of anilines is 1. The van der Waals surface area contributed by atoms with E-state index in [2.05, 4.69) is 32.9 Å². The molecule has 0 saturated carbocycles. The number of carbonyl (C=O) groups excluding carboxylic acids is 1. The molecule has 1 unspecified atom stereocenters. The number of primary amides is 1. The van der Waals surface area contributed by atoms with Gasteiger partial charge in [-0.05, 0) is 58.7 Å². The first-order valence-corrected chi connectivity index (χ1v) is 12.8. The molecule has 7 heteroatoms. The van der Waals surface area contributed by atoms with Crippen molar-refractivity contribution in [3.63, 3.8) is 0 Å². The minimum Gasteiger partial charge on any atom is -0.493 e.